The van der Waals surface area contributed by atoms with Gasteiger partial charge in [-0.05, 0) is 34.3 Å². The van der Waals surface area contributed by atoms with E-state index in [9.17, 15) is 10.1 Å². The average molecular weight is 344 g/mol. The first-order valence-electron chi connectivity index (χ1n) is 5.82. The Bertz CT molecular complexity index is 659. The van der Waals surface area contributed by atoms with Gasteiger partial charge in [-0.2, -0.15) is 0 Å². The number of nitrogens with zero attached hydrogens (tertiary/aromatic N) is 2. The van der Waals surface area contributed by atoms with E-state index in [0.717, 1.165) is 4.47 Å². The van der Waals surface area contributed by atoms with Gasteiger partial charge in [-0.1, -0.05) is 37.6 Å². The molecular weight excluding hydrogens is 332 g/mol. The fourth-order valence-electron chi connectivity index (χ4n) is 1.96. The van der Waals surface area contributed by atoms with E-state index in [4.69, 9.17) is 11.6 Å². The Morgan fingerprint density at radius 1 is 1.47 bits per heavy atom. The lowest BCUT2D eigenvalue weighted by Crippen LogP contribution is -2.04. The van der Waals surface area contributed by atoms with Gasteiger partial charge in [-0.15, -0.1) is 0 Å². The van der Waals surface area contributed by atoms with Gasteiger partial charge in [-0.3, -0.25) is 10.1 Å². The van der Waals surface area contributed by atoms with Gasteiger partial charge in [0.2, 0.25) is 0 Å². The Morgan fingerprint density at radius 2 is 2.16 bits per heavy atom. The first-order valence-corrected chi connectivity index (χ1v) is 7.00. The molecule has 100 valence electrons. The zero-order chi connectivity index (χ0) is 14.2. The molecule has 0 saturated carbocycles. The van der Waals surface area contributed by atoms with Crippen molar-refractivity contribution in [2.75, 3.05) is 0 Å². The summed E-state index contributed by atoms with van der Waals surface area (Å²) < 4.78 is 0.784. The maximum absolute atomic E-state index is 11.2. The smallest absolute Gasteiger partial charge is 0.258 e. The second-order valence-corrected chi connectivity index (χ2v) is 5.94. The maximum atomic E-state index is 11.2. The van der Waals surface area contributed by atoms with E-state index < -0.39 is 4.92 Å². The van der Waals surface area contributed by atoms with E-state index >= 15 is 0 Å². The molecule has 2 aromatic rings. The summed E-state index contributed by atoms with van der Waals surface area (Å²) >= 11 is 9.60. The lowest BCUT2D eigenvalue weighted by molar-refractivity contribution is -0.385. The Balaban J connectivity index is 2.81. The highest BCUT2D eigenvalue weighted by molar-refractivity contribution is 9.10. The number of para-hydroxylation sites is 1. The Hall–Kier alpha value is -1.20. The summed E-state index contributed by atoms with van der Waals surface area (Å²) in [4.78, 5) is 15.2. The number of fused-ring (bicyclic) bond motifs is 1. The van der Waals surface area contributed by atoms with Crippen molar-refractivity contribution in [2.45, 2.75) is 20.3 Å². The van der Waals surface area contributed by atoms with E-state index in [1.165, 1.54) is 0 Å². The number of aromatic nitrogens is 1. The molecule has 0 aliphatic rings. The lowest BCUT2D eigenvalue weighted by atomic mass is 10.0. The normalized spacial score (nSPS) is 11.2. The summed E-state index contributed by atoms with van der Waals surface area (Å²) in [6, 6.07) is 5.37. The molecule has 0 saturated heterocycles. The molecule has 0 bridgehead atoms. The second-order valence-electron chi connectivity index (χ2n) is 4.71. The predicted molar refractivity (Wildman–Crippen MR) is 79.6 cm³/mol. The van der Waals surface area contributed by atoms with Crippen molar-refractivity contribution in [3.8, 4) is 0 Å². The summed E-state index contributed by atoms with van der Waals surface area (Å²) in [6.07, 6.45) is 0.521. The van der Waals surface area contributed by atoms with Gasteiger partial charge in [0, 0.05) is 9.86 Å². The van der Waals surface area contributed by atoms with Gasteiger partial charge < -0.3 is 0 Å². The Kier molecular flexibility index (Phi) is 4.06. The van der Waals surface area contributed by atoms with Crippen LogP contribution in [0.1, 0.15) is 19.5 Å². The largest absolute Gasteiger partial charge is 0.309 e. The van der Waals surface area contributed by atoms with E-state index in [1.54, 1.807) is 12.1 Å². The highest BCUT2D eigenvalue weighted by Crippen LogP contribution is 2.37. The van der Waals surface area contributed by atoms with Crippen LogP contribution in [0.4, 0.5) is 5.69 Å². The monoisotopic (exact) mass is 342 g/mol. The first-order chi connectivity index (χ1) is 8.91. The van der Waals surface area contributed by atoms with Crippen LogP contribution >= 0.6 is 27.5 Å². The van der Waals surface area contributed by atoms with Gasteiger partial charge in [0.05, 0.1) is 10.4 Å². The molecule has 0 aliphatic carbocycles. The first kappa shape index (κ1) is 14.2. The van der Waals surface area contributed by atoms with Crippen molar-refractivity contribution in [2.24, 2.45) is 5.92 Å². The van der Waals surface area contributed by atoms with E-state index in [1.807, 2.05) is 19.9 Å². The van der Waals surface area contributed by atoms with Gasteiger partial charge >= 0.3 is 5.69 Å². The number of hydrogen-bond donors (Lipinski definition) is 0. The number of benzene rings is 1. The molecule has 0 aliphatic heterocycles. The lowest BCUT2D eigenvalue weighted by Gasteiger charge is -2.10. The number of rotatable bonds is 3. The molecule has 0 unspecified atom stereocenters. The molecule has 6 heteroatoms. The van der Waals surface area contributed by atoms with Crippen molar-refractivity contribution in [3.05, 3.63) is 43.5 Å². The predicted octanol–water partition coefficient (Wildman–Crippen LogP) is 4.76. The summed E-state index contributed by atoms with van der Waals surface area (Å²) in [5, 5.41) is 12.0. The summed E-state index contributed by atoms with van der Waals surface area (Å²) in [5.41, 5.74) is 1.01. The summed E-state index contributed by atoms with van der Waals surface area (Å²) in [7, 11) is 0. The number of hydrogen-bond acceptors (Lipinski definition) is 3. The van der Waals surface area contributed by atoms with Gasteiger partial charge in [0.15, 0.2) is 0 Å². The molecule has 0 N–H and O–H groups in total. The molecule has 1 heterocycles. The quantitative estimate of drug-likeness (QED) is 0.596. The van der Waals surface area contributed by atoms with Crippen molar-refractivity contribution in [1.82, 2.24) is 4.98 Å². The number of pyridine rings is 1. The summed E-state index contributed by atoms with van der Waals surface area (Å²) in [6.45, 7) is 3.98. The molecular formula is C13H12BrClN2O2. The fourth-order valence-corrected chi connectivity index (χ4v) is 2.75. The minimum Gasteiger partial charge on any atom is -0.258 e. The fraction of sp³-hybridized carbons (Fsp3) is 0.308. The molecule has 19 heavy (non-hydrogen) atoms. The van der Waals surface area contributed by atoms with Crippen LogP contribution in [-0.4, -0.2) is 9.91 Å². The third-order valence-electron chi connectivity index (χ3n) is 2.74. The zero-order valence-electron chi connectivity index (χ0n) is 10.5. The number of halogens is 2. The molecule has 4 nitrogen and oxygen atoms in total. The molecule has 0 fully saturated rings. The van der Waals surface area contributed by atoms with Crippen LogP contribution in [0.3, 0.4) is 0 Å². The van der Waals surface area contributed by atoms with Crippen LogP contribution < -0.4 is 0 Å². The molecule has 0 radical (unpaired) electrons. The van der Waals surface area contributed by atoms with E-state index in [-0.39, 0.29) is 16.6 Å². The average Bonchev–Trinajstić information content (AvgIpc) is 2.29. The summed E-state index contributed by atoms with van der Waals surface area (Å²) in [5.74, 6) is 0.266. The van der Waals surface area contributed by atoms with Crippen LogP contribution in [-0.2, 0) is 6.42 Å². The molecule has 1 aromatic carbocycles. The van der Waals surface area contributed by atoms with Gasteiger partial charge in [0.1, 0.15) is 10.7 Å². The number of nitro groups is 1. The van der Waals surface area contributed by atoms with E-state index in [0.29, 0.717) is 23.0 Å². The van der Waals surface area contributed by atoms with Crippen molar-refractivity contribution < 1.29 is 4.92 Å². The van der Waals surface area contributed by atoms with Crippen molar-refractivity contribution in [3.63, 3.8) is 0 Å². The third-order valence-corrected chi connectivity index (χ3v) is 3.76. The second kappa shape index (κ2) is 5.43. The van der Waals surface area contributed by atoms with Gasteiger partial charge in [0.25, 0.3) is 0 Å². The zero-order valence-corrected chi connectivity index (χ0v) is 12.8. The standard InChI is InChI=1S/C13H12BrClN2O2/c1-7(2)6-10-13(17(18)19)11(15)8-4-3-5-9(14)12(8)16-10/h3-5,7H,6H2,1-2H3. The molecule has 0 spiro atoms. The maximum Gasteiger partial charge on any atom is 0.309 e. The van der Waals surface area contributed by atoms with Crippen LogP contribution in [0.25, 0.3) is 10.9 Å². The highest BCUT2D eigenvalue weighted by atomic mass is 79.9. The third kappa shape index (κ3) is 2.72. The Morgan fingerprint density at radius 3 is 2.74 bits per heavy atom. The van der Waals surface area contributed by atoms with Gasteiger partial charge in [-0.25, -0.2) is 4.98 Å². The molecule has 1 aromatic heterocycles. The Labute approximate surface area is 124 Å². The minimum absolute atomic E-state index is 0.0824. The molecule has 0 atom stereocenters. The topological polar surface area (TPSA) is 56.0 Å². The van der Waals surface area contributed by atoms with E-state index in [2.05, 4.69) is 20.9 Å². The van der Waals surface area contributed by atoms with Crippen LogP contribution in [0.2, 0.25) is 5.02 Å². The van der Waals surface area contributed by atoms with Crippen molar-refractivity contribution in [1.29, 1.82) is 0 Å². The molecule has 0 amide bonds. The van der Waals surface area contributed by atoms with Crippen LogP contribution in [0.15, 0.2) is 22.7 Å². The van der Waals surface area contributed by atoms with Crippen LogP contribution in [0, 0.1) is 16.0 Å². The van der Waals surface area contributed by atoms with Crippen LogP contribution in [0.5, 0.6) is 0 Å². The van der Waals surface area contributed by atoms with Crippen molar-refractivity contribution >= 4 is 44.1 Å². The molecule has 2 rings (SSSR count). The minimum atomic E-state index is -0.451. The highest BCUT2D eigenvalue weighted by Gasteiger charge is 2.24. The SMILES string of the molecule is CC(C)Cc1nc2c(Br)cccc2c(Cl)c1[N+](=O)[O-].